The Kier molecular flexibility index (Phi) is 18.0. The lowest BCUT2D eigenvalue weighted by atomic mass is 9.88. The molecule has 1 fully saturated rings. The van der Waals surface area contributed by atoms with Crippen LogP contribution in [0, 0.1) is 34.6 Å². The number of nitrogens with one attached hydrogen (secondary N) is 4. The molecule has 0 atom stereocenters. The third-order valence-electron chi connectivity index (χ3n) is 12.8. The number of hydrogen-bond donors (Lipinski definition) is 4. The van der Waals surface area contributed by atoms with Gasteiger partial charge in [0.25, 0.3) is 22.9 Å². The van der Waals surface area contributed by atoms with Crippen LogP contribution >= 0.6 is 11.6 Å². The Balaban J connectivity index is 1.19. The van der Waals surface area contributed by atoms with E-state index in [1.165, 1.54) is 0 Å². The van der Waals surface area contributed by atoms with E-state index in [1.807, 2.05) is 65.0 Å². The lowest BCUT2D eigenvalue weighted by Crippen LogP contribution is -2.44. The van der Waals surface area contributed by atoms with Gasteiger partial charge in [-0.05, 0) is 159 Å². The molecule has 342 valence electrons. The molecule has 12 nitrogen and oxygen atoms in total. The number of amides is 2. The summed E-state index contributed by atoms with van der Waals surface area (Å²) in [4.78, 5) is 65.6. The number of halogens is 1. The number of aromatic nitrogens is 2. The van der Waals surface area contributed by atoms with Crippen molar-refractivity contribution in [3.05, 3.63) is 124 Å². The van der Waals surface area contributed by atoms with Crippen molar-refractivity contribution < 1.29 is 14.3 Å². The molecule has 0 bridgehead atoms. The quantitative estimate of drug-likeness (QED) is 0.0616. The lowest BCUT2D eigenvalue weighted by Gasteiger charge is -2.41. The standard InChI is InChI=1S/C50H70ClN7O5/c1-10-15-37-27-34(5)55-50(62)44(37)31-53-48(60)42-28-38(51)29-46(36(42)7)58(11-2)40-20-18-39(19-21-40)56(8)22-13-23-57(24-14-25-63-9)45-17-12-16-41(35(45)6)47(59)52-30-43-32(3)26-33(4)54-49(43)61/h12,16-17,26-29,39-40H,10-11,13-15,18-25,30-31H2,1-9H3,(H,52,59)(H,53,60)(H,54,61)(H,55,62). The van der Waals surface area contributed by atoms with Crippen molar-refractivity contribution in [1.82, 2.24) is 25.5 Å². The van der Waals surface area contributed by atoms with E-state index in [1.54, 1.807) is 13.2 Å². The van der Waals surface area contributed by atoms with E-state index in [-0.39, 0.29) is 36.0 Å². The maximum atomic E-state index is 13.7. The third kappa shape index (κ3) is 12.6. The highest BCUT2D eigenvalue weighted by Gasteiger charge is 2.29. The summed E-state index contributed by atoms with van der Waals surface area (Å²) in [5.74, 6) is -0.444. The van der Waals surface area contributed by atoms with Crippen LogP contribution in [-0.4, -0.2) is 85.7 Å². The van der Waals surface area contributed by atoms with Crippen LogP contribution in [0.5, 0.6) is 0 Å². The Bertz CT molecular complexity index is 2320. The Morgan fingerprint density at radius 3 is 2.02 bits per heavy atom. The van der Waals surface area contributed by atoms with Gasteiger partial charge in [-0.2, -0.15) is 0 Å². The van der Waals surface area contributed by atoms with Gasteiger partial charge in [-0.15, -0.1) is 0 Å². The number of aryl methyl sites for hydroxylation is 4. The first-order chi connectivity index (χ1) is 30.2. The van der Waals surface area contributed by atoms with E-state index in [0.29, 0.717) is 46.0 Å². The van der Waals surface area contributed by atoms with Crippen molar-refractivity contribution in [1.29, 1.82) is 0 Å². The molecular weight excluding hydrogens is 814 g/mol. The molecule has 63 heavy (non-hydrogen) atoms. The lowest BCUT2D eigenvalue weighted by molar-refractivity contribution is 0.0942. The SMILES string of the molecule is CCCc1cc(C)[nH]c(=O)c1CNC(=O)c1cc(Cl)cc(N(CC)C2CCC(N(C)CCCN(CCCOC)c3cccc(C(=O)NCc4c(C)cc(C)[nH]c4=O)c3C)CC2)c1C. The molecule has 1 aliphatic carbocycles. The van der Waals surface area contributed by atoms with E-state index >= 15 is 0 Å². The smallest absolute Gasteiger partial charge is 0.253 e. The molecule has 0 radical (unpaired) electrons. The predicted octanol–water partition coefficient (Wildman–Crippen LogP) is 8.07. The number of carbonyl (C=O) groups excluding carboxylic acids is 2. The fraction of sp³-hybridized carbons (Fsp3) is 0.520. The number of ether oxygens (including phenoxy) is 1. The van der Waals surface area contributed by atoms with Crippen LogP contribution in [0.25, 0.3) is 0 Å². The average Bonchev–Trinajstić information content (AvgIpc) is 3.24. The maximum absolute atomic E-state index is 13.7. The van der Waals surface area contributed by atoms with Crippen molar-refractivity contribution >= 4 is 34.8 Å². The molecule has 5 rings (SSSR count). The summed E-state index contributed by atoms with van der Waals surface area (Å²) in [6.45, 7) is 18.2. The molecule has 4 N–H and O–H groups in total. The molecule has 0 unspecified atom stereocenters. The summed E-state index contributed by atoms with van der Waals surface area (Å²) >= 11 is 6.71. The van der Waals surface area contributed by atoms with Crippen molar-refractivity contribution in [2.75, 3.05) is 56.7 Å². The molecule has 0 spiro atoms. The van der Waals surface area contributed by atoms with Crippen LogP contribution in [0.3, 0.4) is 0 Å². The molecule has 2 aromatic carbocycles. The highest BCUT2D eigenvalue weighted by Crippen LogP contribution is 2.34. The second-order valence-corrected chi connectivity index (χ2v) is 17.7. The van der Waals surface area contributed by atoms with Gasteiger partial charge in [-0.3, -0.25) is 19.2 Å². The van der Waals surface area contributed by atoms with Crippen molar-refractivity contribution in [2.24, 2.45) is 0 Å². The number of nitrogens with zero attached hydrogens (tertiary/aromatic N) is 3. The van der Waals surface area contributed by atoms with Crippen LogP contribution in [0.2, 0.25) is 5.02 Å². The Morgan fingerprint density at radius 2 is 1.37 bits per heavy atom. The summed E-state index contributed by atoms with van der Waals surface area (Å²) in [7, 11) is 3.95. The minimum Gasteiger partial charge on any atom is -0.385 e. The Labute approximate surface area is 379 Å². The van der Waals surface area contributed by atoms with Gasteiger partial charge in [-0.25, -0.2) is 0 Å². The monoisotopic (exact) mass is 884 g/mol. The van der Waals surface area contributed by atoms with Gasteiger partial charge >= 0.3 is 0 Å². The number of H-pyrrole nitrogens is 2. The van der Waals surface area contributed by atoms with Gasteiger partial charge in [0.05, 0.1) is 0 Å². The van der Waals surface area contributed by atoms with E-state index < -0.39 is 0 Å². The van der Waals surface area contributed by atoms with E-state index in [9.17, 15) is 19.2 Å². The van der Waals surface area contributed by atoms with Crippen LogP contribution in [-0.2, 0) is 24.2 Å². The zero-order chi connectivity index (χ0) is 45.8. The molecule has 1 aliphatic rings. The third-order valence-corrected chi connectivity index (χ3v) is 13.0. The Hall–Kier alpha value is -4.91. The molecule has 0 aliphatic heterocycles. The first kappa shape index (κ1) is 49.1. The highest BCUT2D eigenvalue weighted by molar-refractivity contribution is 6.31. The number of hydrogen-bond acceptors (Lipinski definition) is 8. The van der Waals surface area contributed by atoms with Crippen molar-refractivity contribution in [3.63, 3.8) is 0 Å². The maximum Gasteiger partial charge on any atom is 0.253 e. The first-order valence-corrected chi connectivity index (χ1v) is 23.1. The second-order valence-electron chi connectivity index (χ2n) is 17.3. The summed E-state index contributed by atoms with van der Waals surface area (Å²) in [5.41, 5.74) is 9.19. The molecule has 1 saturated carbocycles. The molecule has 2 aromatic heterocycles. The number of benzene rings is 2. The van der Waals surface area contributed by atoms with Gasteiger partial charge in [0, 0.05) is 109 Å². The molecule has 4 aromatic rings. The van der Waals surface area contributed by atoms with Crippen molar-refractivity contribution in [2.45, 2.75) is 125 Å². The number of anilines is 2. The van der Waals surface area contributed by atoms with Gasteiger partial charge in [0.15, 0.2) is 0 Å². The second kappa shape index (κ2) is 23.1. The molecule has 0 saturated heterocycles. The van der Waals surface area contributed by atoms with Crippen LogP contribution < -0.4 is 31.6 Å². The normalized spacial score (nSPS) is 15.1. The summed E-state index contributed by atoms with van der Waals surface area (Å²) in [5, 5.41) is 6.51. The molecular formula is C50H70ClN7O5. The molecule has 13 heteroatoms. The number of methoxy groups -OCH3 is 1. The fourth-order valence-corrected chi connectivity index (χ4v) is 9.61. The zero-order valence-electron chi connectivity index (χ0n) is 39.1. The topological polar surface area (TPSA) is 143 Å². The van der Waals surface area contributed by atoms with Gasteiger partial charge in [0.1, 0.15) is 0 Å². The molecule has 2 heterocycles. The predicted molar refractivity (Wildman–Crippen MR) is 257 cm³/mol. The summed E-state index contributed by atoms with van der Waals surface area (Å²) in [6.07, 6.45) is 7.69. The number of aromatic amines is 2. The summed E-state index contributed by atoms with van der Waals surface area (Å²) in [6, 6.07) is 14.3. The van der Waals surface area contributed by atoms with Crippen molar-refractivity contribution in [3.8, 4) is 0 Å². The van der Waals surface area contributed by atoms with Gasteiger partial charge in [0.2, 0.25) is 0 Å². The number of pyridine rings is 2. The van der Waals surface area contributed by atoms with Crippen LogP contribution in [0.15, 0.2) is 52.1 Å². The van der Waals surface area contributed by atoms with Crippen LogP contribution in [0.1, 0.15) is 124 Å². The molecule has 2 amide bonds. The zero-order valence-corrected chi connectivity index (χ0v) is 39.8. The highest BCUT2D eigenvalue weighted by atomic mass is 35.5. The first-order valence-electron chi connectivity index (χ1n) is 22.7. The van der Waals surface area contributed by atoms with E-state index in [2.05, 4.69) is 62.3 Å². The van der Waals surface area contributed by atoms with Gasteiger partial charge < -0.3 is 40.0 Å². The minimum absolute atomic E-state index is 0.150. The van der Waals surface area contributed by atoms with E-state index in [4.69, 9.17) is 16.3 Å². The number of carbonyl (C=O) groups is 2. The Morgan fingerprint density at radius 1 is 0.762 bits per heavy atom. The van der Waals surface area contributed by atoms with Gasteiger partial charge in [-0.1, -0.05) is 31.0 Å². The number of rotatable bonds is 21. The van der Waals surface area contributed by atoms with E-state index in [0.717, 1.165) is 123 Å². The summed E-state index contributed by atoms with van der Waals surface area (Å²) < 4.78 is 5.41. The average molecular weight is 885 g/mol. The largest absolute Gasteiger partial charge is 0.385 e. The minimum atomic E-state index is -0.242. The van der Waals surface area contributed by atoms with Crippen LogP contribution in [0.4, 0.5) is 11.4 Å². The fourth-order valence-electron chi connectivity index (χ4n) is 9.39.